The van der Waals surface area contributed by atoms with Crippen LogP contribution in [0.1, 0.15) is 12.5 Å². The molecule has 18 heavy (non-hydrogen) atoms. The molecular weight excluding hydrogens is 228 g/mol. The highest BCUT2D eigenvalue weighted by molar-refractivity contribution is 5.78. The van der Waals surface area contributed by atoms with Crippen molar-refractivity contribution in [1.29, 1.82) is 0 Å². The largest absolute Gasteiger partial charge is 0.395 e. The minimum absolute atomic E-state index is 0.0780. The van der Waals surface area contributed by atoms with Crippen LogP contribution in [0, 0.1) is 0 Å². The van der Waals surface area contributed by atoms with Gasteiger partial charge >= 0.3 is 0 Å². The minimum Gasteiger partial charge on any atom is -0.395 e. The van der Waals surface area contributed by atoms with Gasteiger partial charge in [0.1, 0.15) is 0 Å². The number of hydrogen-bond donors (Lipinski definition) is 1. The van der Waals surface area contributed by atoms with Crippen LogP contribution in [-0.2, 0) is 11.3 Å². The fourth-order valence-electron chi connectivity index (χ4n) is 1.76. The van der Waals surface area contributed by atoms with E-state index in [0.29, 0.717) is 26.2 Å². The number of nitrogens with zero attached hydrogens (tertiary/aromatic N) is 2. The summed E-state index contributed by atoms with van der Waals surface area (Å²) in [6.07, 6.45) is 0. The summed E-state index contributed by atoms with van der Waals surface area (Å²) in [6, 6.07) is 9.97. The molecule has 0 radical (unpaired) electrons. The monoisotopic (exact) mass is 250 g/mol. The molecule has 0 heterocycles. The number of hydrogen-bond acceptors (Lipinski definition) is 3. The molecule has 0 saturated heterocycles. The maximum absolute atomic E-state index is 12.1. The molecule has 0 fully saturated rings. The van der Waals surface area contributed by atoms with E-state index in [1.54, 1.807) is 0 Å². The first-order valence-corrected chi connectivity index (χ1v) is 6.28. The Morgan fingerprint density at radius 3 is 2.50 bits per heavy atom. The number of carbonyl (C=O) groups is 1. The molecule has 1 aromatic carbocycles. The van der Waals surface area contributed by atoms with Crippen LogP contribution in [-0.4, -0.2) is 54.1 Å². The van der Waals surface area contributed by atoms with Crippen LogP contribution in [0.5, 0.6) is 0 Å². The molecular formula is C14H22N2O2. The van der Waals surface area contributed by atoms with Gasteiger partial charge in [-0.05, 0) is 19.5 Å². The second kappa shape index (κ2) is 7.84. The molecule has 0 spiro atoms. The normalized spacial score (nSPS) is 10.7. The first-order valence-electron chi connectivity index (χ1n) is 6.28. The summed E-state index contributed by atoms with van der Waals surface area (Å²) in [5, 5.41) is 8.81. The average Bonchev–Trinajstić information content (AvgIpc) is 2.37. The van der Waals surface area contributed by atoms with Crippen molar-refractivity contribution >= 4 is 5.91 Å². The predicted molar refractivity (Wildman–Crippen MR) is 72.1 cm³/mol. The molecule has 4 heteroatoms. The second-order valence-corrected chi connectivity index (χ2v) is 4.35. The van der Waals surface area contributed by atoms with E-state index in [-0.39, 0.29) is 12.5 Å². The van der Waals surface area contributed by atoms with E-state index < -0.39 is 0 Å². The molecule has 0 bridgehead atoms. The van der Waals surface area contributed by atoms with Gasteiger partial charge in [-0.1, -0.05) is 30.3 Å². The second-order valence-electron chi connectivity index (χ2n) is 4.35. The van der Waals surface area contributed by atoms with Gasteiger partial charge in [-0.25, -0.2) is 0 Å². The molecule has 4 nitrogen and oxygen atoms in total. The van der Waals surface area contributed by atoms with E-state index >= 15 is 0 Å². The summed E-state index contributed by atoms with van der Waals surface area (Å²) in [6.45, 7) is 4.27. The highest BCUT2D eigenvalue weighted by Crippen LogP contribution is 2.04. The van der Waals surface area contributed by atoms with E-state index in [4.69, 9.17) is 5.11 Å². The lowest BCUT2D eigenvalue weighted by Crippen LogP contribution is -2.39. The van der Waals surface area contributed by atoms with Gasteiger partial charge in [-0.2, -0.15) is 0 Å². The summed E-state index contributed by atoms with van der Waals surface area (Å²) in [4.78, 5) is 15.7. The van der Waals surface area contributed by atoms with Crippen molar-refractivity contribution in [3.05, 3.63) is 35.9 Å². The van der Waals surface area contributed by atoms with E-state index in [1.807, 2.05) is 54.1 Å². The third kappa shape index (κ3) is 4.85. The molecule has 0 unspecified atom stereocenters. The topological polar surface area (TPSA) is 43.8 Å². The van der Waals surface area contributed by atoms with Crippen LogP contribution in [0.15, 0.2) is 30.3 Å². The summed E-state index contributed by atoms with van der Waals surface area (Å²) < 4.78 is 0. The zero-order chi connectivity index (χ0) is 13.4. The van der Waals surface area contributed by atoms with Crippen LogP contribution >= 0.6 is 0 Å². The predicted octanol–water partition coefficient (Wildman–Crippen LogP) is 0.959. The Labute approximate surface area is 109 Å². The Balaban J connectivity index is 2.52. The first-order chi connectivity index (χ1) is 8.67. The van der Waals surface area contributed by atoms with Crippen molar-refractivity contribution in [2.75, 3.05) is 33.3 Å². The van der Waals surface area contributed by atoms with E-state index in [2.05, 4.69) is 0 Å². The zero-order valence-corrected chi connectivity index (χ0v) is 11.2. The van der Waals surface area contributed by atoms with Gasteiger partial charge in [-0.15, -0.1) is 0 Å². The molecule has 0 aliphatic heterocycles. The fourth-order valence-corrected chi connectivity index (χ4v) is 1.76. The standard InChI is InChI=1S/C14H22N2O2/c1-3-16(11-13-7-5-4-6-8-13)14(18)12-15(2)9-10-17/h4-8,17H,3,9-12H2,1-2H3. The summed E-state index contributed by atoms with van der Waals surface area (Å²) in [5.74, 6) is 0.0947. The average molecular weight is 250 g/mol. The Morgan fingerprint density at radius 1 is 1.28 bits per heavy atom. The van der Waals surface area contributed by atoms with Crippen molar-refractivity contribution in [1.82, 2.24) is 9.80 Å². The van der Waals surface area contributed by atoms with Crippen molar-refractivity contribution in [3.63, 3.8) is 0 Å². The molecule has 100 valence electrons. The van der Waals surface area contributed by atoms with Gasteiger partial charge in [0.2, 0.25) is 5.91 Å². The molecule has 0 saturated carbocycles. The van der Waals surface area contributed by atoms with Crippen molar-refractivity contribution in [2.45, 2.75) is 13.5 Å². The van der Waals surface area contributed by atoms with Crippen molar-refractivity contribution in [2.24, 2.45) is 0 Å². The van der Waals surface area contributed by atoms with Crippen molar-refractivity contribution < 1.29 is 9.90 Å². The Morgan fingerprint density at radius 2 is 1.94 bits per heavy atom. The summed E-state index contributed by atoms with van der Waals surface area (Å²) >= 11 is 0. The van der Waals surface area contributed by atoms with Gasteiger partial charge in [0.05, 0.1) is 13.2 Å². The molecule has 0 aliphatic rings. The molecule has 0 aliphatic carbocycles. The molecule has 1 aromatic rings. The minimum atomic E-state index is 0.0780. The lowest BCUT2D eigenvalue weighted by atomic mass is 10.2. The Hall–Kier alpha value is -1.39. The fraction of sp³-hybridized carbons (Fsp3) is 0.500. The number of aliphatic hydroxyl groups is 1. The number of aliphatic hydroxyl groups excluding tert-OH is 1. The van der Waals surface area contributed by atoms with Crippen LogP contribution in [0.25, 0.3) is 0 Å². The number of rotatable bonds is 7. The van der Waals surface area contributed by atoms with Gasteiger partial charge in [-0.3, -0.25) is 9.69 Å². The van der Waals surface area contributed by atoms with Gasteiger partial charge in [0.25, 0.3) is 0 Å². The first kappa shape index (κ1) is 14.7. The lowest BCUT2D eigenvalue weighted by molar-refractivity contribution is -0.132. The summed E-state index contributed by atoms with van der Waals surface area (Å²) in [5.41, 5.74) is 1.14. The van der Waals surface area contributed by atoms with E-state index in [1.165, 1.54) is 0 Å². The SMILES string of the molecule is CCN(Cc1ccccc1)C(=O)CN(C)CCO. The molecule has 1 rings (SSSR count). The maximum atomic E-state index is 12.1. The number of benzene rings is 1. The molecule has 0 aromatic heterocycles. The van der Waals surface area contributed by atoms with Gasteiger partial charge in [0.15, 0.2) is 0 Å². The number of carbonyl (C=O) groups excluding carboxylic acids is 1. The maximum Gasteiger partial charge on any atom is 0.237 e. The van der Waals surface area contributed by atoms with Gasteiger partial charge in [0, 0.05) is 19.6 Å². The lowest BCUT2D eigenvalue weighted by Gasteiger charge is -2.24. The highest BCUT2D eigenvalue weighted by atomic mass is 16.3. The quantitative estimate of drug-likeness (QED) is 0.784. The highest BCUT2D eigenvalue weighted by Gasteiger charge is 2.13. The zero-order valence-electron chi connectivity index (χ0n) is 11.2. The van der Waals surface area contributed by atoms with E-state index in [0.717, 1.165) is 5.56 Å². The Bertz CT molecular complexity index is 354. The molecule has 0 atom stereocenters. The summed E-state index contributed by atoms with van der Waals surface area (Å²) in [7, 11) is 1.84. The van der Waals surface area contributed by atoms with Crippen molar-refractivity contribution in [3.8, 4) is 0 Å². The molecule has 1 amide bonds. The van der Waals surface area contributed by atoms with Crippen LogP contribution in [0.4, 0.5) is 0 Å². The van der Waals surface area contributed by atoms with Crippen LogP contribution in [0.2, 0.25) is 0 Å². The van der Waals surface area contributed by atoms with Crippen LogP contribution < -0.4 is 0 Å². The van der Waals surface area contributed by atoms with Crippen LogP contribution in [0.3, 0.4) is 0 Å². The third-order valence-corrected chi connectivity index (χ3v) is 2.84. The molecule has 1 N–H and O–H groups in total. The number of likely N-dealkylation sites (N-methyl/N-ethyl adjacent to an activating group) is 2. The smallest absolute Gasteiger partial charge is 0.237 e. The number of amides is 1. The Kier molecular flexibility index (Phi) is 6.39. The van der Waals surface area contributed by atoms with Gasteiger partial charge < -0.3 is 10.0 Å². The van der Waals surface area contributed by atoms with E-state index in [9.17, 15) is 4.79 Å². The third-order valence-electron chi connectivity index (χ3n) is 2.84.